The number of benzene rings is 2. The molecule has 0 fully saturated rings. The molecule has 0 aliphatic heterocycles. The zero-order valence-electron chi connectivity index (χ0n) is 11.6. The van der Waals surface area contributed by atoms with Gasteiger partial charge >= 0.3 is 0 Å². The lowest BCUT2D eigenvalue weighted by Crippen LogP contribution is -2.10. The van der Waals surface area contributed by atoms with Gasteiger partial charge in [-0.25, -0.2) is 17.2 Å². The Morgan fingerprint density at radius 1 is 1.00 bits per heavy atom. The van der Waals surface area contributed by atoms with E-state index in [0.29, 0.717) is 5.69 Å². The molecule has 0 aliphatic rings. The van der Waals surface area contributed by atoms with Gasteiger partial charge in [-0.1, -0.05) is 6.07 Å². The van der Waals surface area contributed by atoms with E-state index in [1.54, 1.807) is 0 Å². The second kappa shape index (κ2) is 6.85. The average molecular weight is 327 g/mol. The number of hydrogen-bond acceptors (Lipinski definition) is 4. The fraction of sp³-hybridized carbons (Fsp3) is 0.200. The van der Waals surface area contributed by atoms with Crippen LogP contribution in [0.15, 0.2) is 47.4 Å². The van der Waals surface area contributed by atoms with Gasteiger partial charge in [-0.15, -0.1) is 0 Å². The zero-order valence-corrected chi connectivity index (χ0v) is 12.4. The molecule has 0 saturated carbocycles. The number of aliphatic hydroxyl groups excluding tert-OH is 1. The monoisotopic (exact) mass is 327 g/mol. The maximum atomic E-state index is 13.5. The molecule has 0 atom stereocenters. The highest BCUT2D eigenvalue weighted by atomic mass is 32.2. The number of rotatable bonds is 6. The van der Waals surface area contributed by atoms with Crippen molar-refractivity contribution in [1.82, 2.24) is 0 Å². The Bertz CT molecular complexity index is 726. The summed E-state index contributed by atoms with van der Waals surface area (Å²) in [6.45, 7) is -0.504. The topological polar surface area (TPSA) is 66.4 Å². The van der Waals surface area contributed by atoms with Crippen LogP contribution >= 0.6 is 0 Å². The first kappa shape index (κ1) is 16.4. The van der Waals surface area contributed by atoms with Crippen LogP contribution in [0.5, 0.6) is 0 Å². The summed E-state index contributed by atoms with van der Waals surface area (Å²) < 4.78 is 50.4. The summed E-state index contributed by atoms with van der Waals surface area (Å²) in [5.74, 6) is -1.63. The van der Waals surface area contributed by atoms with Crippen LogP contribution in [0.1, 0.15) is 5.56 Å². The quantitative estimate of drug-likeness (QED) is 0.855. The lowest BCUT2D eigenvalue weighted by atomic mass is 10.2. The molecule has 2 aromatic carbocycles. The van der Waals surface area contributed by atoms with Crippen LogP contribution in [-0.2, 0) is 16.4 Å². The minimum absolute atomic E-state index is 0.0543. The fourth-order valence-corrected chi connectivity index (χ4v) is 2.94. The molecule has 2 N–H and O–H groups in total. The predicted molar refractivity (Wildman–Crippen MR) is 79.3 cm³/mol. The van der Waals surface area contributed by atoms with E-state index in [0.717, 1.165) is 0 Å². The van der Waals surface area contributed by atoms with Gasteiger partial charge in [0, 0.05) is 17.8 Å². The Balaban J connectivity index is 2.09. The Kier molecular flexibility index (Phi) is 5.10. The van der Waals surface area contributed by atoms with Crippen LogP contribution in [-0.4, -0.2) is 25.9 Å². The lowest BCUT2D eigenvalue weighted by Gasteiger charge is -2.09. The van der Waals surface area contributed by atoms with Gasteiger partial charge in [-0.2, -0.15) is 0 Å². The lowest BCUT2D eigenvalue weighted by molar-refractivity contribution is 0.319. The van der Waals surface area contributed by atoms with Gasteiger partial charge in [0.1, 0.15) is 11.6 Å². The number of nitrogens with one attached hydrogen (secondary N) is 1. The number of anilines is 1. The van der Waals surface area contributed by atoms with E-state index in [4.69, 9.17) is 5.11 Å². The molecule has 2 rings (SSSR count). The second-order valence-corrected chi connectivity index (χ2v) is 6.73. The molecule has 118 valence electrons. The Morgan fingerprint density at radius 2 is 1.59 bits per heavy atom. The van der Waals surface area contributed by atoms with Crippen LogP contribution in [0.2, 0.25) is 0 Å². The largest absolute Gasteiger partial charge is 0.395 e. The second-order valence-electron chi connectivity index (χ2n) is 4.62. The predicted octanol–water partition coefficient (Wildman–Crippen LogP) is 2.34. The number of sulfone groups is 1. The molecule has 0 aromatic heterocycles. The summed E-state index contributed by atoms with van der Waals surface area (Å²) in [6.07, 6.45) is 0. The van der Waals surface area contributed by atoms with E-state index in [9.17, 15) is 17.2 Å². The van der Waals surface area contributed by atoms with Crippen molar-refractivity contribution < 1.29 is 22.3 Å². The number of aliphatic hydroxyl groups is 1. The van der Waals surface area contributed by atoms with Gasteiger partial charge in [0.25, 0.3) is 0 Å². The van der Waals surface area contributed by atoms with E-state index in [1.165, 1.54) is 42.5 Å². The van der Waals surface area contributed by atoms with Gasteiger partial charge in [0.05, 0.1) is 17.3 Å². The third-order valence-corrected chi connectivity index (χ3v) is 4.81. The van der Waals surface area contributed by atoms with Crippen LogP contribution < -0.4 is 5.32 Å². The highest BCUT2D eigenvalue weighted by Gasteiger charge is 2.13. The fourth-order valence-electron chi connectivity index (χ4n) is 1.91. The first-order chi connectivity index (χ1) is 10.4. The van der Waals surface area contributed by atoms with Crippen molar-refractivity contribution >= 4 is 15.5 Å². The van der Waals surface area contributed by atoms with Crippen LogP contribution in [0.4, 0.5) is 14.5 Å². The molecule has 0 amide bonds. The SMILES string of the molecule is O=S(=O)(CCO)c1ccc(NCc2c(F)cccc2F)cc1. The van der Waals surface area contributed by atoms with Crippen LogP contribution in [0, 0.1) is 11.6 Å². The van der Waals surface area contributed by atoms with E-state index in [-0.39, 0.29) is 22.8 Å². The van der Waals surface area contributed by atoms with Crippen molar-refractivity contribution in [2.75, 3.05) is 17.7 Å². The summed E-state index contributed by atoms with van der Waals surface area (Å²) >= 11 is 0. The molecule has 22 heavy (non-hydrogen) atoms. The molecular weight excluding hydrogens is 312 g/mol. The van der Waals surface area contributed by atoms with Crippen molar-refractivity contribution in [2.45, 2.75) is 11.4 Å². The smallest absolute Gasteiger partial charge is 0.180 e. The molecule has 4 nitrogen and oxygen atoms in total. The molecule has 2 aromatic rings. The molecule has 7 heteroatoms. The zero-order chi connectivity index (χ0) is 16.2. The van der Waals surface area contributed by atoms with Gasteiger partial charge in [0.2, 0.25) is 0 Å². The Hall–Kier alpha value is -1.99. The molecule has 0 aliphatic carbocycles. The van der Waals surface area contributed by atoms with E-state index in [1.807, 2.05) is 0 Å². The van der Waals surface area contributed by atoms with Gasteiger partial charge in [-0.05, 0) is 36.4 Å². The van der Waals surface area contributed by atoms with Crippen LogP contribution in [0.25, 0.3) is 0 Å². The molecule has 0 unspecified atom stereocenters. The van der Waals surface area contributed by atoms with Crippen molar-refractivity contribution in [1.29, 1.82) is 0 Å². The highest BCUT2D eigenvalue weighted by molar-refractivity contribution is 7.91. The summed E-state index contributed by atoms with van der Waals surface area (Å²) in [5, 5.41) is 11.5. The Labute approximate surface area is 127 Å². The molecule has 0 heterocycles. The van der Waals surface area contributed by atoms with E-state index < -0.39 is 28.1 Å². The molecule has 0 spiro atoms. The Morgan fingerprint density at radius 3 is 2.14 bits per heavy atom. The molecule has 0 bridgehead atoms. The minimum Gasteiger partial charge on any atom is -0.395 e. The molecule has 0 saturated heterocycles. The maximum Gasteiger partial charge on any atom is 0.180 e. The van der Waals surface area contributed by atoms with Crippen molar-refractivity contribution in [2.24, 2.45) is 0 Å². The van der Waals surface area contributed by atoms with E-state index >= 15 is 0 Å². The third-order valence-electron chi connectivity index (χ3n) is 3.10. The summed E-state index contributed by atoms with van der Waals surface area (Å²) in [5.41, 5.74) is 0.449. The standard InChI is InChI=1S/C15H15F2NO3S/c16-14-2-1-3-15(17)13(14)10-18-11-4-6-12(7-5-11)22(20,21)9-8-19/h1-7,18-19H,8-10H2. The third kappa shape index (κ3) is 3.80. The van der Waals surface area contributed by atoms with Crippen LogP contribution in [0.3, 0.4) is 0 Å². The summed E-state index contributed by atoms with van der Waals surface area (Å²) in [6, 6.07) is 9.40. The molecular formula is C15H15F2NO3S. The summed E-state index contributed by atoms with van der Waals surface area (Å²) in [7, 11) is -3.51. The normalized spacial score (nSPS) is 11.4. The number of halogens is 2. The minimum atomic E-state index is -3.51. The first-order valence-corrected chi connectivity index (χ1v) is 8.20. The number of hydrogen-bond donors (Lipinski definition) is 2. The summed E-state index contributed by atoms with van der Waals surface area (Å²) in [4.78, 5) is 0.0872. The van der Waals surface area contributed by atoms with Gasteiger partial charge in [0.15, 0.2) is 9.84 Å². The first-order valence-electron chi connectivity index (χ1n) is 6.54. The van der Waals surface area contributed by atoms with Crippen molar-refractivity contribution in [3.63, 3.8) is 0 Å². The molecule has 0 radical (unpaired) electrons. The average Bonchev–Trinajstić information content (AvgIpc) is 2.47. The van der Waals surface area contributed by atoms with Gasteiger partial charge < -0.3 is 10.4 Å². The van der Waals surface area contributed by atoms with Gasteiger partial charge in [-0.3, -0.25) is 0 Å². The van der Waals surface area contributed by atoms with Crippen molar-refractivity contribution in [3.8, 4) is 0 Å². The van der Waals surface area contributed by atoms with Crippen molar-refractivity contribution in [3.05, 3.63) is 59.7 Å². The maximum absolute atomic E-state index is 13.5. The highest BCUT2D eigenvalue weighted by Crippen LogP contribution is 2.18. The van der Waals surface area contributed by atoms with E-state index in [2.05, 4.69) is 5.32 Å².